The maximum Gasteiger partial charge on any atom is 0.286 e. The van der Waals surface area contributed by atoms with Gasteiger partial charge in [0.25, 0.3) is 5.91 Å². The van der Waals surface area contributed by atoms with Gasteiger partial charge < -0.3 is 10.6 Å². The van der Waals surface area contributed by atoms with E-state index in [0.29, 0.717) is 16.4 Å². The van der Waals surface area contributed by atoms with E-state index in [1.807, 2.05) is 6.07 Å². The highest BCUT2D eigenvalue weighted by atomic mass is 32.1. The summed E-state index contributed by atoms with van der Waals surface area (Å²) in [5.74, 6) is -0.321. The Kier molecular flexibility index (Phi) is 3.50. The summed E-state index contributed by atoms with van der Waals surface area (Å²) in [6, 6.07) is 8.60. The molecule has 0 aliphatic carbocycles. The number of nitrogens with zero attached hydrogens (tertiary/aromatic N) is 3. The highest BCUT2D eigenvalue weighted by Crippen LogP contribution is 2.16. The smallest absolute Gasteiger partial charge is 0.286 e. The summed E-state index contributed by atoms with van der Waals surface area (Å²) in [6.45, 7) is 0. The van der Waals surface area contributed by atoms with Crippen LogP contribution in [-0.4, -0.2) is 23.2 Å². The average molecular weight is 259 g/mol. The topological polar surface area (TPSA) is 90.7 Å². The number of nitriles is 1. The second-order valence-corrected chi connectivity index (χ2v) is 4.28. The molecule has 0 fully saturated rings. The molecule has 0 bridgehead atoms. The van der Waals surface area contributed by atoms with E-state index in [4.69, 9.17) is 5.26 Å². The molecule has 0 aliphatic rings. The van der Waals surface area contributed by atoms with Crippen molar-refractivity contribution in [3.63, 3.8) is 0 Å². The van der Waals surface area contributed by atoms with Crippen molar-refractivity contribution in [1.82, 2.24) is 10.2 Å². The first-order valence-corrected chi connectivity index (χ1v) is 5.87. The van der Waals surface area contributed by atoms with Gasteiger partial charge in [-0.15, -0.1) is 10.2 Å². The van der Waals surface area contributed by atoms with Gasteiger partial charge in [-0.2, -0.15) is 5.26 Å². The molecule has 90 valence electrons. The molecule has 0 aliphatic heterocycles. The molecule has 1 amide bonds. The predicted molar refractivity (Wildman–Crippen MR) is 68.6 cm³/mol. The van der Waals surface area contributed by atoms with Gasteiger partial charge in [-0.05, 0) is 24.3 Å². The van der Waals surface area contributed by atoms with Crippen molar-refractivity contribution in [3.8, 4) is 6.07 Å². The van der Waals surface area contributed by atoms with Gasteiger partial charge in [0.15, 0.2) is 0 Å². The van der Waals surface area contributed by atoms with Crippen molar-refractivity contribution in [2.45, 2.75) is 0 Å². The fourth-order valence-electron chi connectivity index (χ4n) is 1.23. The van der Waals surface area contributed by atoms with Crippen molar-refractivity contribution in [2.24, 2.45) is 0 Å². The Balaban J connectivity index is 2.08. The molecule has 1 aromatic carbocycles. The molecule has 2 N–H and O–H groups in total. The summed E-state index contributed by atoms with van der Waals surface area (Å²) in [6.07, 6.45) is 0. The van der Waals surface area contributed by atoms with Crippen molar-refractivity contribution in [1.29, 1.82) is 5.26 Å². The van der Waals surface area contributed by atoms with E-state index in [9.17, 15) is 4.79 Å². The van der Waals surface area contributed by atoms with E-state index < -0.39 is 0 Å². The predicted octanol–water partition coefficient (Wildman–Crippen LogP) is 1.70. The molecule has 2 aromatic rings. The highest BCUT2D eigenvalue weighted by molar-refractivity contribution is 7.17. The minimum Gasteiger partial charge on any atom is -0.363 e. The van der Waals surface area contributed by atoms with Crippen LogP contribution in [0.2, 0.25) is 0 Å². The van der Waals surface area contributed by atoms with Crippen molar-refractivity contribution >= 4 is 28.1 Å². The van der Waals surface area contributed by atoms with Gasteiger partial charge in [0.2, 0.25) is 10.1 Å². The number of anilines is 2. The van der Waals surface area contributed by atoms with Crippen LogP contribution in [0.4, 0.5) is 10.8 Å². The molecule has 0 unspecified atom stereocenters. The van der Waals surface area contributed by atoms with Crippen molar-refractivity contribution in [3.05, 3.63) is 34.8 Å². The molecule has 2 rings (SSSR count). The lowest BCUT2D eigenvalue weighted by atomic mass is 10.2. The zero-order valence-electron chi connectivity index (χ0n) is 9.47. The number of rotatable bonds is 3. The summed E-state index contributed by atoms with van der Waals surface area (Å²) in [5, 5.41) is 22.5. The Labute approximate surface area is 107 Å². The zero-order valence-corrected chi connectivity index (χ0v) is 10.3. The number of hydrogen-bond acceptors (Lipinski definition) is 6. The highest BCUT2D eigenvalue weighted by Gasteiger charge is 2.12. The van der Waals surface area contributed by atoms with Gasteiger partial charge in [0.05, 0.1) is 11.6 Å². The number of nitrogens with one attached hydrogen (secondary N) is 2. The third-order valence-electron chi connectivity index (χ3n) is 2.10. The molecule has 0 saturated heterocycles. The van der Waals surface area contributed by atoms with E-state index in [1.165, 1.54) is 11.3 Å². The zero-order chi connectivity index (χ0) is 13.0. The summed E-state index contributed by atoms with van der Waals surface area (Å²) >= 11 is 1.17. The average Bonchev–Trinajstić information content (AvgIpc) is 2.88. The maximum atomic E-state index is 11.8. The van der Waals surface area contributed by atoms with Gasteiger partial charge in [-0.25, -0.2) is 0 Å². The lowest BCUT2D eigenvalue weighted by Gasteiger charge is -2.01. The first-order chi connectivity index (χ1) is 8.72. The molecule has 6 nitrogen and oxygen atoms in total. The summed E-state index contributed by atoms with van der Waals surface area (Å²) in [4.78, 5) is 11.8. The van der Waals surface area contributed by atoms with Gasteiger partial charge in [0, 0.05) is 12.7 Å². The van der Waals surface area contributed by atoms with E-state index in [2.05, 4.69) is 20.8 Å². The van der Waals surface area contributed by atoms with Crippen LogP contribution in [0.3, 0.4) is 0 Å². The standard InChI is InChI=1S/C11H9N5OS/c1-13-11-16-15-10(18-11)9(17)14-8-4-2-7(6-12)3-5-8/h2-5H,1H3,(H,13,16)(H,14,17). The number of carbonyl (C=O) groups is 1. The van der Waals surface area contributed by atoms with Crippen LogP contribution in [0, 0.1) is 11.3 Å². The largest absolute Gasteiger partial charge is 0.363 e. The van der Waals surface area contributed by atoms with Crippen LogP contribution in [0.15, 0.2) is 24.3 Å². The Morgan fingerprint density at radius 1 is 1.33 bits per heavy atom. The van der Waals surface area contributed by atoms with Gasteiger partial charge in [0.1, 0.15) is 0 Å². The minimum atomic E-state index is -0.321. The van der Waals surface area contributed by atoms with E-state index in [-0.39, 0.29) is 10.9 Å². The van der Waals surface area contributed by atoms with Gasteiger partial charge in [-0.1, -0.05) is 11.3 Å². The van der Waals surface area contributed by atoms with Crippen molar-refractivity contribution < 1.29 is 4.79 Å². The molecular formula is C11H9N5OS. The first kappa shape index (κ1) is 12.0. The van der Waals surface area contributed by atoms with E-state index >= 15 is 0 Å². The monoisotopic (exact) mass is 259 g/mol. The first-order valence-electron chi connectivity index (χ1n) is 5.05. The van der Waals surface area contributed by atoms with Crippen LogP contribution in [0.1, 0.15) is 15.4 Å². The number of benzene rings is 1. The van der Waals surface area contributed by atoms with Crippen LogP contribution < -0.4 is 10.6 Å². The Morgan fingerprint density at radius 3 is 2.61 bits per heavy atom. The number of hydrogen-bond donors (Lipinski definition) is 2. The fraction of sp³-hybridized carbons (Fsp3) is 0.0909. The molecule has 0 radical (unpaired) electrons. The van der Waals surface area contributed by atoms with Gasteiger partial charge in [-0.3, -0.25) is 4.79 Å². The molecule has 1 heterocycles. The number of amides is 1. The molecule has 18 heavy (non-hydrogen) atoms. The Bertz CT molecular complexity index is 599. The lowest BCUT2D eigenvalue weighted by molar-refractivity contribution is 0.102. The molecule has 0 spiro atoms. The minimum absolute atomic E-state index is 0.281. The molecule has 0 atom stereocenters. The van der Waals surface area contributed by atoms with E-state index in [1.54, 1.807) is 31.3 Å². The third-order valence-corrected chi connectivity index (χ3v) is 3.04. The van der Waals surface area contributed by atoms with Crippen LogP contribution in [0.5, 0.6) is 0 Å². The second kappa shape index (κ2) is 5.25. The maximum absolute atomic E-state index is 11.8. The van der Waals surface area contributed by atoms with E-state index in [0.717, 1.165) is 0 Å². The van der Waals surface area contributed by atoms with Crippen LogP contribution >= 0.6 is 11.3 Å². The van der Waals surface area contributed by atoms with Gasteiger partial charge >= 0.3 is 0 Å². The summed E-state index contributed by atoms with van der Waals surface area (Å²) in [7, 11) is 1.71. The normalized spacial score (nSPS) is 9.56. The second-order valence-electron chi connectivity index (χ2n) is 3.31. The molecule has 7 heteroatoms. The Hall–Kier alpha value is -2.46. The summed E-state index contributed by atoms with van der Waals surface area (Å²) in [5.41, 5.74) is 1.15. The SMILES string of the molecule is CNc1nnc(C(=O)Nc2ccc(C#N)cc2)s1. The fourth-order valence-corrected chi connectivity index (χ4v) is 1.82. The van der Waals surface area contributed by atoms with Crippen molar-refractivity contribution in [2.75, 3.05) is 17.7 Å². The summed E-state index contributed by atoms with van der Waals surface area (Å²) < 4.78 is 0. The number of aromatic nitrogens is 2. The third kappa shape index (κ3) is 2.61. The lowest BCUT2D eigenvalue weighted by Crippen LogP contribution is -2.11. The number of carbonyl (C=O) groups excluding carboxylic acids is 1. The van der Waals surface area contributed by atoms with Crippen LogP contribution in [-0.2, 0) is 0 Å². The molecule has 1 aromatic heterocycles. The quantitative estimate of drug-likeness (QED) is 0.875. The molecular weight excluding hydrogens is 250 g/mol. The Morgan fingerprint density at radius 2 is 2.06 bits per heavy atom. The molecule has 0 saturated carbocycles. The van der Waals surface area contributed by atoms with Crippen LogP contribution in [0.25, 0.3) is 0 Å².